The number of halogens is 2. The van der Waals surface area contributed by atoms with Crippen LogP contribution in [0, 0.1) is 11.6 Å². The summed E-state index contributed by atoms with van der Waals surface area (Å²) in [5.74, 6) is -7.12. The number of hydrogen-bond acceptors (Lipinski definition) is 7. The number of carbonyl (C=O) groups excluding carboxylic acids is 3. The maximum Gasteiger partial charge on any atom is 0.408 e. The molecular formula is C21H19F2NO9. The van der Waals surface area contributed by atoms with E-state index < -0.39 is 59.6 Å². The largest absolute Gasteiger partial charge is 0.481 e. The quantitative estimate of drug-likeness (QED) is 0.411. The van der Waals surface area contributed by atoms with Crippen LogP contribution in [0.2, 0.25) is 0 Å². The molecule has 3 N–H and O–H groups in total. The van der Waals surface area contributed by atoms with Gasteiger partial charge in [0.05, 0.1) is 6.42 Å². The van der Waals surface area contributed by atoms with E-state index in [1.165, 1.54) is 0 Å². The molecule has 12 heteroatoms. The first-order chi connectivity index (χ1) is 15.5. The SMILES string of the molecule is CC(=O)OC(=O)c1c(F)cccc1F.O=C(O)C[C@H](NC(=O)OCc1ccccc1)C(=O)O. The minimum Gasteiger partial charge on any atom is -0.481 e. The number of benzene rings is 2. The van der Waals surface area contributed by atoms with Crippen LogP contribution in [-0.2, 0) is 30.5 Å². The third-order valence-corrected chi connectivity index (χ3v) is 3.58. The number of rotatable bonds is 7. The molecule has 0 aliphatic rings. The van der Waals surface area contributed by atoms with Crippen LogP contribution in [0.15, 0.2) is 48.5 Å². The highest BCUT2D eigenvalue weighted by molar-refractivity contribution is 5.96. The van der Waals surface area contributed by atoms with Crippen LogP contribution in [0.1, 0.15) is 29.3 Å². The molecule has 0 fully saturated rings. The van der Waals surface area contributed by atoms with E-state index in [0.29, 0.717) is 0 Å². The molecular weight excluding hydrogens is 448 g/mol. The van der Waals surface area contributed by atoms with E-state index in [9.17, 15) is 32.8 Å². The Kier molecular flexibility index (Phi) is 10.6. The molecule has 0 unspecified atom stereocenters. The first-order valence-electron chi connectivity index (χ1n) is 9.09. The van der Waals surface area contributed by atoms with Gasteiger partial charge in [-0.05, 0) is 17.7 Å². The average Bonchev–Trinajstić information content (AvgIpc) is 2.72. The van der Waals surface area contributed by atoms with Gasteiger partial charge < -0.3 is 25.0 Å². The number of esters is 2. The molecule has 0 aromatic heterocycles. The van der Waals surface area contributed by atoms with Crippen LogP contribution in [-0.4, -0.2) is 46.2 Å². The minimum absolute atomic E-state index is 0.0217. The number of aliphatic carboxylic acids is 2. The monoisotopic (exact) mass is 467 g/mol. The van der Waals surface area contributed by atoms with Crippen molar-refractivity contribution in [2.45, 2.75) is 26.0 Å². The Balaban J connectivity index is 0.000000346. The molecule has 2 rings (SSSR count). The van der Waals surface area contributed by atoms with Crippen molar-refractivity contribution in [1.82, 2.24) is 5.32 Å². The molecule has 10 nitrogen and oxygen atoms in total. The molecule has 0 aliphatic heterocycles. The fourth-order valence-electron chi connectivity index (χ4n) is 2.16. The lowest BCUT2D eigenvalue weighted by molar-refractivity contribution is -0.145. The van der Waals surface area contributed by atoms with Crippen LogP contribution in [0.3, 0.4) is 0 Å². The number of amides is 1. The Bertz CT molecular complexity index is 992. The van der Waals surface area contributed by atoms with Crippen LogP contribution in [0.5, 0.6) is 0 Å². The third-order valence-electron chi connectivity index (χ3n) is 3.58. The normalized spacial score (nSPS) is 10.6. The lowest BCUT2D eigenvalue weighted by Gasteiger charge is -2.12. The van der Waals surface area contributed by atoms with Crippen LogP contribution in [0.4, 0.5) is 13.6 Å². The van der Waals surface area contributed by atoms with E-state index >= 15 is 0 Å². The number of carboxylic acid groups (broad SMARTS) is 2. The minimum atomic E-state index is -1.51. The van der Waals surface area contributed by atoms with Gasteiger partial charge in [0.2, 0.25) is 0 Å². The number of alkyl carbamates (subject to hydrolysis) is 1. The summed E-state index contributed by atoms with van der Waals surface area (Å²) in [6.45, 7) is 0.947. The van der Waals surface area contributed by atoms with Crippen LogP contribution < -0.4 is 5.32 Å². The topological polar surface area (TPSA) is 156 Å². The van der Waals surface area contributed by atoms with Crippen molar-refractivity contribution < 1.29 is 52.4 Å². The maximum absolute atomic E-state index is 12.9. The first kappa shape index (κ1) is 26.7. The number of hydrogen-bond donors (Lipinski definition) is 3. The summed E-state index contributed by atoms with van der Waals surface area (Å²) in [6, 6.07) is 10.2. The molecule has 2 aromatic carbocycles. The van der Waals surface area contributed by atoms with E-state index in [1.807, 2.05) is 5.32 Å². The fraction of sp³-hybridized carbons (Fsp3) is 0.190. The Morgan fingerprint density at radius 3 is 2.00 bits per heavy atom. The van der Waals surface area contributed by atoms with Crippen molar-refractivity contribution in [3.05, 3.63) is 71.3 Å². The second kappa shape index (κ2) is 13.1. The fourth-order valence-corrected chi connectivity index (χ4v) is 2.16. The van der Waals surface area contributed by atoms with Crippen molar-refractivity contribution in [2.75, 3.05) is 0 Å². The van der Waals surface area contributed by atoms with Crippen molar-refractivity contribution in [3.63, 3.8) is 0 Å². The van der Waals surface area contributed by atoms with Crippen molar-refractivity contribution in [1.29, 1.82) is 0 Å². The van der Waals surface area contributed by atoms with Gasteiger partial charge in [-0.15, -0.1) is 0 Å². The summed E-state index contributed by atoms with van der Waals surface area (Å²) in [7, 11) is 0. The molecule has 176 valence electrons. The Morgan fingerprint density at radius 1 is 0.939 bits per heavy atom. The second-order valence-electron chi connectivity index (χ2n) is 6.17. The van der Waals surface area contributed by atoms with E-state index in [2.05, 4.69) is 4.74 Å². The predicted molar refractivity (Wildman–Crippen MR) is 106 cm³/mol. The van der Waals surface area contributed by atoms with E-state index in [1.54, 1.807) is 30.3 Å². The molecule has 2 aromatic rings. The molecule has 1 amide bonds. The molecule has 0 spiro atoms. The van der Waals surface area contributed by atoms with Gasteiger partial charge in [-0.3, -0.25) is 9.59 Å². The highest BCUT2D eigenvalue weighted by atomic mass is 19.1. The van der Waals surface area contributed by atoms with E-state index in [0.717, 1.165) is 30.7 Å². The average molecular weight is 467 g/mol. The van der Waals surface area contributed by atoms with Crippen molar-refractivity contribution in [2.24, 2.45) is 0 Å². The van der Waals surface area contributed by atoms with Gasteiger partial charge in [0.1, 0.15) is 29.8 Å². The summed E-state index contributed by atoms with van der Waals surface area (Å²) in [4.78, 5) is 53.8. The predicted octanol–water partition coefficient (Wildman–Crippen LogP) is 2.51. The molecule has 0 aliphatic carbocycles. The summed E-state index contributed by atoms with van der Waals surface area (Å²) in [5.41, 5.74) is -0.120. The van der Waals surface area contributed by atoms with Gasteiger partial charge in [0.15, 0.2) is 0 Å². The Hall–Kier alpha value is -4.35. The zero-order valence-electron chi connectivity index (χ0n) is 17.1. The van der Waals surface area contributed by atoms with Crippen molar-refractivity contribution in [3.8, 4) is 0 Å². The number of carboxylic acids is 2. The van der Waals surface area contributed by atoms with Gasteiger partial charge in [-0.1, -0.05) is 36.4 Å². The first-order valence-corrected chi connectivity index (χ1v) is 9.09. The summed E-state index contributed by atoms with van der Waals surface area (Å²) in [5, 5.41) is 19.2. The maximum atomic E-state index is 12.9. The van der Waals surface area contributed by atoms with Gasteiger partial charge in [-0.2, -0.15) is 0 Å². The van der Waals surface area contributed by atoms with E-state index in [4.69, 9.17) is 14.9 Å². The zero-order chi connectivity index (χ0) is 25.0. The van der Waals surface area contributed by atoms with Crippen LogP contribution in [0.25, 0.3) is 0 Å². The Labute approximate surface area is 185 Å². The zero-order valence-corrected chi connectivity index (χ0v) is 17.1. The highest BCUT2D eigenvalue weighted by Gasteiger charge is 2.23. The highest BCUT2D eigenvalue weighted by Crippen LogP contribution is 2.13. The molecule has 0 radical (unpaired) electrons. The van der Waals surface area contributed by atoms with Gasteiger partial charge in [-0.25, -0.2) is 23.2 Å². The molecule has 33 heavy (non-hydrogen) atoms. The standard InChI is InChI=1S/C12H13NO6.C9H6F2O3/c14-10(15)6-9(11(16)17)13-12(18)19-7-8-4-2-1-3-5-8;1-5(12)14-9(13)8-6(10)3-2-4-7(8)11/h1-5,9H,6-7H2,(H,13,18)(H,14,15)(H,16,17);2-4H,1H3/t9-;/m0./s1. The van der Waals surface area contributed by atoms with Crippen molar-refractivity contribution >= 4 is 30.0 Å². The molecule has 0 bridgehead atoms. The molecule has 0 heterocycles. The van der Waals surface area contributed by atoms with Gasteiger partial charge in [0.25, 0.3) is 0 Å². The summed E-state index contributed by atoms with van der Waals surface area (Å²) in [6.07, 6.45) is -1.69. The summed E-state index contributed by atoms with van der Waals surface area (Å²) >= 11 is 0. The second-order valence-corrected chi connectivity index (χ2v) is 6.17. The van der Waals surface area contributed by atoms with Gasteiger partial charge in [0, 0.05) is 6.92 Å². The van der Waals surface area contributed by atoms with Crippen LogP contribution >= 0.6 is 0 Å². The molecule has 0 saturated carbocycles. The lowest BCUT2D eigenvalue weighted by atomic mass is 10.2. The van der Waals surface area contributed by atoms with E-state index in [-0.39, 0.29) is 6.61 Å². The number of carbonyl (C=O) groups is 5. The Morgan fingerprint density at radius 2 is 1.52 bits per heavy atom. The molecule has 0 saturated heterocycles. The van der Waals surface area contributed by atoms with Gasteiger partial charge >= 0.3 is 30.0 Å². The number of ether oxygens (including phenoxy) is 2. The third kappa shape index (κ3) is 10.0. The lowest BCUT2D eigenvalue weighted by Crippen LogP contribution is -2.42. The molecule has 1 atom stereocenters. The smallest absolute Gasteiger partial charge is 0.408 e. The number of nitrogens with one attached hydrogen (secondary N) is 1. The summed E-state index contributed by atoms with van der Waals surface area (Å²) < 4.78 is 34.6.